The average molecular weight is 210 g/mol. The Bertz CT molecular complexity index is 320. The fourth-order valence-electron chi connectivity index (χ4n) is 1.24. The first-order chi connectivity index (χ1) is 7.11. The third-order valence-electron chi connectivity index (χ3n) is 2.19. The minimum Gasteiger partial charge on any atom is -0.465 e. The van der Waals surface area contributed by atoms with E-state index < -0.39 is 0 Å². The summed E-state index contributed by atoms with van der Waals surface area (Å²) in [6, 6.07) is 3.74. The van der Waals surface area contributed by atoms with Gasteiger partial charge in [-0.3, -0.25) is 4.79 Å². The molecule has 15 heavy (non-hydrogen) atoms. The van der Waals surface area contributed by atoms with Gasteiger partial charge in [-0.25, -0.2) is 0 Å². The van der Waals surface area contributed by atoms with E-state index in [2.05, 4.69) is 5.32 Å². The minimum atomic E-state index is 0.0157. The fourth-order valence-corrected chi connectivity index (χ4v) is 1.24. The van der Waals surface area contributed by atoms with Gasteiger partial charge in [0.25, 0.3) is 0 Å². The van der Waals surface area contributed by atoms with Gasteiger partial charge in [0, 0.05) is 6.42 Å². The van der Waals surface area contributed by atoms with E-state index in [-0.39, 0.29) is 11.8 Å². The second kappa shape index (κ2) is 5.56. The van der Waals surface area contributed by atoms with Crippen molar-refractivity contribution in [2.75, 3.05) is 6.54 Å². The Labute approximate surface area is 89.8 Å². The molecule has 0 aliphatic rings. The largest absolute Gasteiger partial charge is 0.465 e. The van der Waals surface area contributed by atoms with Crippen LogP contribution in [0.5, 0.6) is 0 Å². The molecule has 0 aliphatic heterocycles. The van der Waals surface area contributed by atoms with E-state index >= 15 is 0 Å². The number of amides is 1. The number of rotatable bonds is 5. The zero-order valence-corrected chi connectivity index (χ0v) is 9.25. The van der Waals surface area contributed by atoms with Crippen molar-refractivity contribution in [3.8, 4) is 0 Å². The van der Waals surface area contributed by atoms with Crippen molar-refractivity contribution in [1.82, 2.24) is 5.32 Å². The lowest BCUT2D eigenvalue weighted by Crippen LogP contribution is -2.26. The molecule has 0 saturated carbocycles. The van der Waals surface area contributed by atoms with Crippen LogP contribution in [0.1, 0.15) is 24.9 Å². The molecule has 1 rings (SSSR count). The number of nitrogens with one attached hydrogen (secondary N) is 1. The lowest BCUT2D eigenvalue weighted by Gasteiger charge is -2.07. The Hall–Kier alpha value is -1.29. The number of furan rings is 1. The second-order valence-electron chi connectivity index (χ2n) is 3.83. The average Bonchev–Trinajstić information content (AvgIpc) is 2.61. The normalized spacial score (nSPS) is 12.5. The Morgan fingerprint density at radius 1 is 1.60 bits per heavy atom. The predicted molar refractivity (Wildman–Crippen MR) is 58.1 cm³/mol. The van der Waals surface area contributed by atoms with Crippen molar-refractivity contribution in [2.24, 2.45) is 11.7 Å². The van der Waals surface area contributed by atoms with Gasteiger partial charge in [-0.2, -0.15) is 0 Å². The Balaban J connectivity index is 2.28. The summed E-state index contributed by atoms with van der Waals surface area (Å²) in [5.74, 6) is 1.88. The second-order valence-corrected chi connectivity index (χ2v) is 3.83. The molecule has 4 nitrogen and oxygen atoms in total. The van der Waals surface area contributed by atoms with Crippen LogP contribution in [-0.2, 0) is 11.3 Å². The molecule has 0 aromatic carbocycles. The molecule has 0 fully saturated rings. The van der Waals surface area contributed by atoms with Gasteiger partial charge in [-0.1, -0.05) is 6.92 Å². The topological polar surface area (TPSA) is 68.3 Å². The first-order valence-corrected chi connectivity index (χ1v) is 5.14. The number of carbonyl (C=O) groups is 1. The van der Waals surface area contributed by atoms with Gasteiger partial charge in [-0.05, 0) is 31.5 Å². The molecule has 0 spiro atoms. The number of hydrogen-bond acceptors (Lipinski definition) is 3. The van der Waals surface area contributed by atoms with Gasteiger partial charge in [0.1, 0.15) is 11.5 Å². The van der Waals surface area contributed by atoms with Gasteiger partial charge >= 0.3 is 0 Å². The van der Waals surface area contributed by atoms with Crippen LogP contribution < -0.4 is 11.1 Å². The van der Waals surface area contributed by atoms with Crippen LogP contribution in [0.4, 0.5) is 0 Å². The van der Waals surface area contributed by atoms with Crippen molar-refractivity contribution < 1.29 is 9.21 Å². The van der Waals surface area contributed by atoms with E-state index in [1.165, 1.54) is 0 Å². The molecular formula is C11H18N2O2. The SMILES string of the molecule is Cc1ccc(CNC(=O)CC(C)CN)o1. The van der Waals surface area contributed by atoms with Gasteiger partial charge in [0.15, 0.2) is 0 Å². The molecule has 1 aromatic rings. The Morgan fingerprint density at radius 3 is 2.87 bits per heavy atom. The molecule has 4 heteroatoms. The molecule has 84 valence electrons. The molecule has 0 bridgehead atoms. The quantitative estimate of drug-likeness (QED) is 0.767. The lowest BCUT2D eigenvalue weighted by atomic mass is 10.1. The van der Waals surface area contributed by atoms with Gasteiger partial charge in [-0.15, -0.1) is 0 Å². The third-order valence-corrected chi connectivity index (χ3v) is 2.19. The Kier molecular flexibility index (Phi) is 4.37. The fraction of sp³-hybridized carbons (Fsp3) is 0.545. The summed E-state index contributed by atoms with van der Waals surface area (Å²) in [5.41, 5.74) is 5.43. The van der Waals surface area contributed by atoms with E-state index in [0.717, 1.165) is 11.5 Å². The maximum atomic E-state index is 11.4. The summed E-state index contributed by atoms with van der Waals surface area (Å²) >= 11 is 0. The monoisotopic (exact) mass is 210 g/mol. The molecule has 1 atom stereocenters. The van der Waals surface area contributed by atoms with Gasteiger partial charge < -0.3 is 15.5 Å². The summed E-state index contributed by atoms with van der Waals surface area (Å²) in [6.45, 7) is 4.82. The summed E-state index contributed by atoms with van der Waals surface area (Å²) in [4.78, 5) is 11.4. The molecule has 0 aliphatic carbocycles. The molecular weight excluding hydrogens is 192 g/mol. The van der Waals surface area contributed by atoms with Crippen LogP contribution in [0, 0.1) is 12.8 Å². The predicted octanol–water partition coefficient (Wildman–Crippen LogP) is 1.19. The van der Waals surface area contributed by atoms with Crippen molar-refractivity contribution >= 4 is 5.91 Å². The summed E-state index contributed by atoms with van der Waals surface area (Å²) in [5, 5.41) is 2.79. The van der Waals surface area contributed by atoms with Crippen molar-refractivity contribution in [1.29, 1.82) is 0 Å². The van der Waals surface area contributed by atoms with E-state index in [4.69, 9.17) is 10.2 Å². The maximum Gasteiger partial charge on any atom is 0.220 e. The maximum absolute atomic E-state index is 11.4. The van der Waals surface area contributed by atoms with E-state index in [1.54, 1.807) is 0 Å². The highest BCUT2D eigenvalue weighted by molar-refractivity contribution is 5.76. The van der Waals surface area contributed by atoms with E-state index in [0.29, 0.717) is 19.5 Å². The summed E-state index contributed by atoms with van der Waals surface area (Å²) in [6.07, 6.45) is 0.468. The highest BCUT2D eigenvalue weighted by Crippen LogP contribution is 2.06. The highest BCUT2D eigenvalue weighted by Gasteiger charge is 2.07. The van der Waals surface area contributed by atoms with Crippen LogP contribution in [0.2, 0.25) is 0 Å². The summed E-state index contributed by atoms with van der Waals surface area (Å²) in [7, 11) is 0. The van der Waals surface area contributed by atoms with Crippen molar-refractivity contribution in [3.05, 3.63) is 23.7 Å². The van der Waals surface area contributed by atoms with E-state index in [1.807, 2.05) is 26.0 Å². The molecule has 1 amide bonds. The smallest absolute Gasteiger partial charge is 0.220 e. The van der Waals surface area contributed by atoms with Crippen LogP contribution in [-0.4, -0.2) is 12.5 Å². The molecule has 1 heterocycles. The molecule has 0 radical (unpaired) electrons. The molecule has 1 unspecified atom stereocenters. The zero-order valence-electron chi connectivity index (χ0n) is 9.25. The first-order valence-electron chi connectivity index (χ1n) is 5.14. The number of aryl methyl sites for hydroxylation is 1. The van der Waals surface area contributed by atoms with Gasteiger partial charge in [0.05, 0.1) is 6.54 Å². The molecule has 3 N–H and O–H groups in total. The summed E-state index contributed by atoms with van der Waals surface area (Å²) < 4.78 is 5.33. The standard InChI is InChI=1S/C11H18N2O2/c1-8(6-12)5-11(14)13-7-10-4-3-9(2)15-10/h3-4,8H,5-7,12H2,1-2H3,(H,13,14). The van der Waals surface area contributed by atoms with Crippen LogP contribution in [0.3, 0.4) is 0 Å². The van der Waals surface area contributed by atoms with Crippen LogP contribution in [0.25, 0.3) is 0 Å². The lowest BCUT2D eigenvalue weighted by molar-refractivity contribution is -0.122. The third kappa shape index (κ3) is 4.16. The van der Waals surface area contributed by atoms with Crippen LogP contribution in [0.15, 0.2) is 16.5 Å². The van der Waals surface area contributed by atoms with Crippen molar-refractivity contribution in [3.63, 3.8) is 0 Å². The minimum absolute atomic E-state index is 0.0157. The van der Waals surface area contributed by atoms with Crippen LogP contribution >= 0.6 is 0 Å². The molecule has 1 aromatic heterocycles. The number of hydrogen-bond donors (Lipinski definition) is 2. The number of carbonyl (C=O) groups excluding carboxylic acids is 1. The van der Waals surface area contributed by atoms with E-state index in [9.17, 15) is 4.79 Å². The zero-order chi connectivity index (χ0) is 11.3. The van der Waals surface area contributed by atoms with Gasteiger partial charge in [0.2, 0.25) is 5.91 Å². The number of nitrogens with two attached hydrogens (primary N) is 1. The highest BCUT2D eigenvalue weighted by atomic mass is 16.3. The molecule has 0 saturated heterocycles. The first kappa shape index (κ1) is 11.8. The van der Waals surface area contributed by atoms with Crippen molar-refractivity contribution in [2.45, 2.75) is 26.8 Å². The Morgan fingerprint density at radius 2 is 2.33 bits per heavy atom.